The van der Waals surface area contributed by atoms with Gasteiger partial charge in [-0.3, -0.25) is 0 Å². The van der Waals surface area contributed by atoms with Gasteiger partial charge in [-0.1, -0.05) is 89.8 Å². The lowest BCUT2D eigenvalue weighted by molar-refractivity contribution is -0.435. The number of nitrogens with zero attached hydrogens (tertiary/aromatic N) is 4. The zero-order valence-corrected chi connectivity index (χ0v) is 33.9. The molecule has 4 aromatic carbocycles. The van der Waals surface area contributed by atoms with Gasteiger partial charge in [-0.15, -0.1) is 24.8 Å². The van der Waals surface area contributed by atoms with Crippen LogP contribution in [0.5, 0.6) is 0 Å². The molecule has 4 atom stereocenters. The van der Waals surface area contributed by atoms with Crippen molar-refractivity contribution < 1.29 is 23.9 Å². The Morgan fingerprint density at radius 1 is 0.614 bits per heavy atom. The molecule has 4 saturated heterocycles. The summed E-state index contributed by atoms with van der Waals surface area (Å²) in [4.78, 5) is 33.2. The number of benzene rings is 4. The monoisotopic (exact) mass is 808 g/mol. The first-order chi connectivity index (χ1) is 26.8. The zero-order chi connectivity index (χ0) is 37.9. The van der Waals surface area contributed by atoms with Crippen LogP contribution in [0.1, 0.15) is 73.6 Å². The minimum Gasteiger partial charge on any atom is -0.594 e. The Labute approximate surface area is 347 Å². The molecule has 0 spiro atoms. The van der Waals surface area contributed by atoms with Crippen LogP contribution in [0.3, 0.4) is 0 Å². The number of halogens is 2. The first-order valence-corrected chi connectivity index (χ1v) is 19.6. The Morgan fingerprint density at radius 2 is 1.04 bits per heavy atom. The number of esters is 2. The maximum Gasteiger partial charge on any atom is 0.339 e. The highest BCUT2D eigenvalue weighted by atomic mass is 35.5. The van der Waals surface area contributed by atoms with Gasteiger partial charge in [-0.2, -0.15) is 0 Å². The van der Waals surface area contributed by atoms with E-state index in [4.69, 9.17) is 9.47 Å². The highest BCUT2D eigenvalue weighted by molar-refractivity contribution is 6.22. The van der Waals surface area contributed by atoms with E-state index in [2.05, 4.69) is 29.0 Å². The number of hydrogen-bond donors (Lipinski definition) is 0. The predicted molar refractivity (Wildman–Crippen MR) is 229 cm³/mol. The van der Waals surface area contributed by atoms with Gasteiger partial charge in [-0.25, -0.2) is 9.59 Å². The van der Waals surface area contributed by atoms with E-state index in [0.29, 0.717) is 57.0 Å². The number of fused-ring (bicyclic) bond motifs is 4. The fourth-order valence-corrected chi connectivity index (χ4v) is 8.99. The van der Waals surface area contributed by atoms with Crippen molar-refractivity contribution in [3.63, 3.8) is 0 Å². The van der Waals surface area contributed by atoms with Crippen molar-refractivity contribution in [1.82, 2.24) is 9.80 Å². The highest BCUT2D eigenvalue weighted by Crippen LogP contribution is 2.38. The Kier molecular flexibility index (Phi) is 13.7. The van der Waals surface area contributed by atoms with Gasteiger partial charge in [0, 0.05) is 67.1 Å². The molecule has 8 rings (SSSR count). The van der Waals surface area contributed by atoms with E-state index in [1.807, 2.05) is 84.9 Å². The van der Waals surface area contributed by atoms with Crippen LogP contribution < -0.4 is 0 Å². The standard InChI is InChI=1S/C46H48N4O5.2ClH/c1-48-36-19-20-37(48)28-41(27-36)54-45(51)43(23-31-11-5-3-6-12-31)33-15-9-17-35(25-33)47-50(53)40-18-10-16-34(26-40)44(24-32-13-7-4-8-14-32)46(52)55-42-29-38-21-22-39(30-42)49(38)2;;/h3-18,23-26,36-39,41-42H,19-22,27-30H2,1-2H3;2*1H/b43-23-,44-24-,50-47?;;. The second-order valence-corrected chi connectivity index (χ2v) is 15.5. The van der Waals surface area contributed by atoms with Crippen molar-refractivity contribution in [3.8, 4) is 0 Å². The summed E-state index contributed by atoms with van der Waals surface area (Å²) >= 11 is 0. The third-order valence-electron chi connectivity index (χ3n) is 12.1. The molecule has 4 fully saturated rings. The SMILES string of the molecule is CN1C2CCC1CC(OC(=O)/C(=C\c1ccccc1)c1cccc(N=[N+]([O-])c3cccc(/C(=C/c4ccccc4)C(=O)OC4CC5CCC(C4)N5C)c3)c1)C2.Cl.Cl. The normalized spacial score (nSPS) is 24.9. The molecule has 4 bridgehead atoms. The quantitative estimate of drug-likeness (QED) is 0.0393. The molecule has 0 saturated carbocycles. The average molecular weight is 810 g/mol. The summed E-state index contributed by atoms with van der Waals surface area (Å²) in [6.45, 7) is 0. The van der Waals surface area contributed by atoms with Crippen molar-refractivity contribution in [2.75, 3.05) is 14.1 Å². The van der Waals surface area contributed by atoms with Crippen molar-refractivity contribution in [2.45, 2.75) is 87.7 Å². The van der Waals surface area contributed by atoms with Gasteiger partial charge in [0.05, 0.1) is 11.1 Å². The molecule has 57 heavy (non-hydrogen) atoms. The Balaban J connectivity index is 0.00000275. The molecule has 0 aliphatic carbocycles. The first-order valence-electron chi connectivity index (χ1n) is 19.6. The largest absolute Gasteiger partial charge is 0.594 e. The maximum absolute atomic E-state index is 13.9. The molecule has 4 aliphatic rings. The first kappa shape index (κ1) is 41.8. The van der Waals surface area contributed by atoms with Gasteiger partial charge in [0.25, 0.3) is 0 Å². The number of carbonyl (C=O) groups is 2. The van der Waals surface area contributed by atoms with Crippen LogP contribution in [0.4, 0.5) is 11.4 Å². The Hall–Kier alpha value is -4.80. The molecule has 0 N–H and O–H groups in total. The van der Waals surface area contributed by atoms with Crippen LogP contribution >= 0.6 is 24.8 Å². The molecule has 4 heterocycles. The summed E-state index contributed by atoms with van der Waals surface area (Å²) in [5.41, 5.74) is 4.29. The van der Waals surface area contributed by atoms with Crippen molar-refractivity contribution in [1.29, 1.82) is 0 Å². The van der Waals surface area contributed by atoms with Gasteiger partial charge in [0.15, 0.2) is 0 Å². The number of azo groups is 1. The summed E-state index contributed by atoms with van der Waals surface area (Å²) in [7, 11) is 4.33. The zero-order valence-electron chi connectivity index (χ0n) is 32.3. The van der Waals surface area contributed by atoms with Gasteiger partial charge in [0.2, 0.25) is 5.69 Å². The summed E-state index contributed by atoms with van der Waals surface area (Å²) in [5, 5.41) is 18.1. The van der Waals surface area contributed by atoms with Crippen molar-refractivity contribution in [3.05, 3.63) is 137 Å². The van der Waals surface area contributed by atoms with E-state index in [1.54, 1.807) is 36.4 Å². The Bertz CT molecular complexity index is 2100. The molecule has 4 unspecified atom stereocenters. The smallest absolute Gasteiger partial charge is 0.339 e. The fraction of sp³-hybridized carbons (Fsp3) is 0.348. The molecule has 9 nitrogen and oxygen atoms in total. The summed E-state index contributed by atoms with van der Waals surface area (Å²) < 4.78 is 12.4. The van der Waals surface area contributed by atoms with Crippen LogP contribution in [0.25, 0.3) is 23.3 Å². The lowest BCUT2D eigenvalue weighted by atomic mass is 9.99. The second kappa shape index (κ2) is 18.6. The molecule has 0 aromatic heterocycles. The van der Waals surface area contributed by atoms with Crippen LogP contribution in [0.15, 0.2) is 114 Å². The van der Waals surface area contributed by atoms with Gasteiger partial charge in [-0.05, 0) is 86.3 Å². The molecule has 0 radical (unpaired) electrons. The van der Waals surface area contributed by atoms with E-state index < -0.39 is 5.97 Å². The van der Waals surface area contributed by atoms with Crippen LogP contribution in [-0.2, 0) is 19.1 Å². The molecular formula is C46H50Cl2N4O5. The van der Waals surface area contributed by atoms with Crippen molar-refractivity contribution in [2.24, 2.45) is 5.11 Å². The molecule has 298 valence electrons. The predicted octanol–water partition coefficient (Wildman–Crippen LogP) is 9.87. The van der Waals surface area contributed by atoms with Gasteiger partial charge in [0.1, 0.15) is 17.9 Å². The van der Waals surface area contributed by atoms with Crippen LogP contribution in [0.2, 0.25) is 0 Å². The Morgan fingerprint density at radius 3 is 1.49 bits per heavy atom. The number of carbonyl (C=O) groups excluding carboxylic acids is 2. The summed E-state index contributed by atoms with van der Waals surface area (Å²) in [6.07, 6.45) is 11.2. The third kappa shape index (κ3) is 9.67. The molecule has 4 aliphatic heterocycles. The van der Waals surface area contributed by atoms with Crippen LogP contribution in [-0.4, -0.2) is 77.1 Å². The minimum atomic E-state index is -0.408. The average Bonchev–Trinajstić information content (AvgIpc) is 3.51. The number of hydrogen-bond acceptors (Lipinski definition) is 8. The number of piperidine rings is 2. The third-order valence-corrected chi connectivity index (χ3v) is 12.1. The van der Waals surface area contributed by atoms with E-state index in [-0.39, 0.29) is 48.7 Å². The lowest BCUT2D eigenvalue weighted by Crippen LogP contribution is -2.43. The summed E-state index contributed by atoms with van der Waals surface area (Å²) in [6, 6.07) is 35.0. The number of rotatable bonds is 10. The van der Waals surface area contributed by atoms with Crippen LogP contribution in [0, 0.1) is 5.21 Å². The second-order valence-electron chi connectivity index (χ2n) is 15.5. The fourth-order valence-electron chi connectivity index (χ4n) is 8.99. The van der Waals surface area contributed by atoms with Crippen molar-refractivity contribution >= 4 is 71.4 Å². The van der Waals surface area contributed by atoms with E-state index >= 15 is 0 Å². The van der Waals surface area contributed by atoms with Gasteiger partial charge >= 0.3 is 11.9 Å². The molecule has 0 amide bonds. The molecular weight excluding hydrogens is 759 g/mol. The molecule has 11 heteroatoms. The van der Waals surface area contributed by atoms with Gasteiger partial charge < -0.3 is 24.5 Å². The maximum atomic E-state index is 13.9. The van der Waals surface area contributed by atoms with E-state index in [0.717, 1.165) is 62.5 Å². The number of ether oxygens (including phenoxy) is 2. The van der Waals surface area contributed by atoms with E-state index in [1.165, 1.54) is 0 Å². The molecule has 4 aromatic rings. The minimum absolute atomic E-state index is 0. The lowest BCUT2D eigenvalue weighted by Gasteiger charge is -2.35. The topological polar surface area (TPSA) is 97.5 Å². The summed E-state index contributed by atoms with van der Waals surface area (Å²) in [5.74, 6) is -0.797. The highest BCUT2D eigenvalue weighted by Gasteiger charge is 2.41. The van der Waals surface area contributed by atoms with E-state index in [9.17, 15) is 14.8 Å².